The molecule has 1 heterocycles. The Bertz CT molecular complexity index is 2420. The van der Waals surface area contributed by atoms with Crippen molar-refractivity contribution in [3.63, 3.8) is 0 Å². The molecule has 4 heteroatoms. The summed E-state index contributed by atoms with van der Waals surface area (Å²) >= 11 is 0. The highest BCUT2D eigenvalue weighted by Gasteiger charge is 2.55. The Kier molecular flexibility index (Phi) is 8.03. The van der Waals surface area contributed by atoms with Crippen LogP contribution in [0.4, 0.5) is 0 Å². The molecule has 2 aliphatic carbocycles. The third-order valence-corrected chi connectivity index (χ3v) is 12.5. The number of ether oxygens (including phenoxy) is 4. The number of methoxy groups -OCH3 is 3. The molecule has 0 radical (unpaired) electrons. The van der Waals surface area contributed by atoms with E-state index in [2.05, 4.69) is 120 Å². The predicted octanol–water partition coefficient (Wildman–Crippen LogP) is 12.7. The predicted molar refractivity (Wildman–Crippen MR) is 225 cm³/mol. The van der Waals surface area contributed by atoms with Gasteiger partial charge in [-0.2, -0.15) is 0 Å². The van der Waals surface area contributed by atoms with Gasteiger partial charge in [0.15, 0.2) is 5.60 Å². The number of fused-ring (bicyclic) bond motifs is 10. The minimum absolute atomic E-state index is 0.141. The second-order valence-electron chi connectivity index (χ2n) is 17.5. The zero-order valence-electron chi connectivity index (χ0n) is 33.3. The number of aryl methyl sites for hydroxylation is 1. The minimum atomic E-state index is -0.915. The first kappa shape index (κ1) is 35.2. The molecule has 0 amide bonds. The van der Waals surface area contributed by atoms with E-state index in [4.69, 9.17) is 18.9 Å². The van der Waals surface area contributed by atoms with Gasteiger partial charge in [-0.3, -0.25) is 0 Å². The van der Waals surface area contributed by atoms with Crippen molar-refractivity contribution < 1.29 is 18.9 Å². The molecule has 0 unspecified atom stereocenters. The maximum absolute atomic E-state index is 7.79. The summed E-state index contributed by atoms with van der Waals surface area (Å²) in [6, 6.07) is 39.1. The van der Waals surface area contributed by atoms with Crippen molar-refractivity contribution in [2.75, 3.05) is 21.3 Å². The van der Waals surface area contributed by atoms with Crippen LogP contribution >= 0.6 is 0 Å². The Morgan fingerprint density at radius 3 is 1.69 bits per heavy atom. The van der Waals surface area contributed by atoms with Crippen LogP contribution in [0.25, 0.3) is 39.1 Å². The normalized spacial score (nSPS) is 17.9. The van der Waals surface area contributed by atoms with Crippen LogP contribution in [0.5, 0.6) is 23.0 Å². The first-order valence-electron chi connectivity index (χ1n) is 19.5. The van der Waals surface area contributed by atoms with Gasteiger partial charge in [-0.1, -0.05) is 101 Å². The second-order valence-corrected chi connectivity index (χ2v) is 17.5. The molecular formula is C51H50O4. The fourth-order valence-corrected chi connectivity index (χ4v) is 11.0. The van der Waals surface area contributed by atoms with Crippen LogP contribution < -0.4 is 18.9 Å². The van der Waals surface area contributed by atoms with Crippen molar-refractivity contribution in [1.82, 2.24) is 0 Å². The largest absolute Gasteiger partial charge is 0.497 e. The summed E-state index contributed by atoms with van der Waals surface area (Å²) in [5.74, 6) is 3.37. The van der Waals surface area contributed by atoms with Crippen LogP contribution in [0.15, 0.2) is 115 Å². The molecule has 55 heavy (non-hydrogen) atoms. The highest BCUT2D eigenvalue weighted by molar-refractivity contribution is 6.10. The van der Waals surface area contributed by atoms with E-state index in [9.17, 15) is 0 Å². The standard InChI is InChI=1S/C51H50O4/c1-32-27-42-43(28-41(32)33-13-19-36(52-6)20-14-33)47-40(46-45(42)39-11-9-10-12-44(39)50(46)30-48(2,3)29-49(4,5)31-50)25-26-51(55-47,34-15-21-37(53-7)22-16-34)35-17-23-38(54-8)24-18-35/h9-28H,29-31H2,1-8H3. The van der Waals surface area contributed by atoms with E-state index in [0.29, 0.717) is 0 Å². The molecular weight excluding hydrogens is 677 g/mol. The number of hydrogen-bond donors (Lipinski definition) is 0. The smallest absolute Gasteiger partial charge is 0.178 e. The maximum atomic E-state index is 7.79. The molecule has 0 atom stereocenters. The van der Waals surface area contributed by atoms with Crippen molar-refractivity contribution in [2.45, 2.75) is 64.9 Å². The number of benzene rings is 6. The minimum Gasteiger partial charge on any atom is -0.497 e. The van der Waals surface area contributed by atoms with E-state index in [-0.39, 0.29) is 16.2 Å². The molecule has 6 aromatic rings. The fraction of sp³-hybridized carbons (Fsp3) is 0.294. The van der Waals surface area contributed by atoms with Gasteiger partial charge < -0.3 is 18.9 Å². The lowest BCUT2D eigenvalue weighted by Crippen LogP contribution is -2.44. The summed E-state index contributed by atoms with van der Waals surface area (Å²) in [7, 11) is 5.13. The second kappa shape index (κ2) is 12.5. The Morgan fingerprint density at radius 1 is 0.582 bits per heavy atom. The van der Waals surface area contributed by atoms with Gasteiger partial charge in [0.1, 0.15) is 23.0 Å². The molecule has 4 nitrogen and oxygen atoms in total. The third kappa shape index (κ3) is 5.47. The molecule has 9 rings (SSSR count). The van der Waals surface area contributed by atoms with Crippen molar-refractivity contribution in [3.05, 3.63) is 149 Å². The third-order valence-electron chi connectivity index (χ3n) is 12.5. The lowest BCUT2D eigenvalue weighted by molar-refractivity contribution is 0.0642. The highest BCUT2D eigenvalue weighted by atomic mass is 16.5. The zero-order chi connectivity index (χ0) is 38.3. The Hall–Kier alpha value is -5.48. The van der Waals surface area contributed by atoms with E-state index < -0.39 is 5.60 Å². The first-order chi connectivity index (χ1) is 26.4. The fourth-order valence-electron chi connectivity index (χ4n) is 11.0. The summed E-state index contributed by atoms with van der Waals surface area (Å²) in [5, 5.41) is 2.35. The van der Waals surface area contributed by atoms with E-state index in [1.807, 2.05) is 36.4 Å². The SMILES string of the molecule is COc1ccc(-c2cc3c4c(c5c(c3cc2C)-c2ccccc2C52CC(C)(C)CC(C)(C)C2)C=CC(c2ccc(OC)cc2)(c2ccc(OC)cc2)O4)cc1. The van der Waals surface area contributed by atoms with Crippen molar-refractivity contribution in [3.8, 4) is 45.3 Å². The molecule has 0 saturated heterocycles. The van der Waals surface area contributed by atoms with Crippen LogP contribution in [0.3, 0.4) is 0 Å². The molecule has 0 bridgehead atoms. The van der Waals surface area contributed by atoms with Gasteiger partial charge in [0, 0.05) is 27.5 Å². The Balaban J connectivity index is 1.39. The number of hydrogen-bond acceptors (Lipinski definition) is 4. The molecule has 0 aromatic heterocycles. The summed E-state index contributed by atoms with van der Waals surface area (Å²) in [4.78, 5) is 0. The van der Waals surface area contributed by atoms with Crippen LogP contribution in [0, 0.1) is 17.8 Å². The maximum Gasteiger partial charge on any atom is 0.178 e. The highest BCUT2D eigenvalue weighted by Crippen LogP contribution is 2.67. The van der Waals surface area contributed by atoms with Crippen LogP contribution in [0.1, 0.15) is 80.3 Å². The summed E-state index contributed by atoms with van der Waals surface area (Å²) in [5.41, 5.74) is 11.6. The summed E-state index contributed by atoms with van der Waals surface area (Å²) < 4.78 is 24.6. The van der Waals surface area contributed by atoms with Crippen molar-refractivity contribution in [1.29, 1.82) is 0 Å². The lowest BCUT2D eigenvalue weighted by atomic mass is 9.52. The van der Waals surface area contributed by atoms with Crippen molar-refractivity contribution >= 4 is 16.8 Å². The van der Waals surface area contributed by atoms with Gasteiger partial charge in [0.25, 0.3) is 0 Å². The van der Waals surface area contributed by atoms with Gasteiger partial charge >= 0.3 is 0 Å². The average molecular weight is 727 g/mol. The average Bonchev–Trinajstić information content (AvgIpc) is 3.44. The molecule has 1 aliphatic heterocycles. The monoisotopic (exact) mass is 726 g/mol. The van der Waals surface area contributed by atoms with Crippen LogP contribution in [-0.2, 0) is 11.0 Å². The molecule has 0 N–H and O–H groups in total. The van der Waals surface area contributed by atoms with Gasteiger partial charge in [-0.15, -0.1) is 0 Å². The topological polar surface area (TPSA) is 36.9 Å². The zero-order valence-corrected chi connectivity index (χ0v) is 33.3. The van der Waals surface area contributed by atoms with E-state index in [0.717, 1.165) is 57.9 Å². The molecule has 278 valence electrons. The number of rotatable bonds is 6. The molecule has 1 fully saturated rings. The van der Waals surface area contributed by atoms with Gasteiger partial charge in [0.2, 0.25) is 0 Å². The first-order valence-corrected chi connectivity index (χ1v) is 19.5. The van der Waals surface area contributed by atoms with Crippen molar-refractivity contribution in [2.24, 2.45) is 10.8 Å². The van der Waals surface area contributed by atoms with Crippen LogP contribution in [0.2, 0.25) is 0 Å². The van der Waals surface area contributed by atoms with Gasteiger partial charge in [-0.25, -0.2) is 0 Å². The Morgan fingerprint density at radius 2 is 1.13 bits per heavy atom. The molecule has 1 saturated carbocycles. The molecule has 3 aliphatic rings. The summed E-state index contributed by atoms with van der Waals surface area (Å²) in [6.45, 7) is 12.1. The summed E-state index contributed by atoms with van der Waals surface area (Å²) in [6.07, 6.45) is 8.01. The lowest BCUT2D eigenvalue weighted by Gasteiger charge is -2.52. The van der Waals surface area contributed by atoms with Gasteiger partial charge in [-0.05, 0) is 130 Å². The van der Waals surface area contributed by atoms with Gasteiger partial charge in [0.05, 0.1) is 21.3 Å². The van der Waals surface area contributed by atoms with E-state index in [1.54, 1.807) is 21.3 Å². The Labute approximate surface area is 325 Å². The van der Waals surface area contributed by atoms with Crippen LogP contribution in [-0.4, -0.2) is 21.3 Å². The molecule has 6 aromatic carbocycles. The quantitative estimate of drug-likeness (QED) is 0.171. The molecule has 1 spiro atoms. The van der Waals surface area contributed by atoms with E-state index >= 15 is 0 Å². The van der Waals surface area contributed by atoms with E-state index in [1.165, 1.54) is 50.8 Å².